The van der Waals surface area contributed by atoms with Gasteiger partial charge in [0.25, 0.3) is 0 Å². The van der Waals surface area contributed by atoms with Crippen molar-refractivity contribution < 1.29 is 0 Å². The predicted molar refractivity (Wildman–Crippen MR) is 90.0 cm³/mol. The van der Waals surface area contributed by atoms with Gasteiger partial charge in [0.15, 0.2) is 0 Å². The van der Waals surface area contributed by atoms with Crippen LogP contribution in [-0.4, -0.2) is 0 Å². The number of rotatable bonds is 1. The highest BCUT2D eigenvalue weighted by atomic mass is 14.3. The minimum Gasteiger partial charge on any atom is -0.192 e. The van der Waals surface area contributed by atoms with E-state index in [0.29, 0.717) is 0 Å². The molecule has 3 aromatic rings. The van der Waals surface area contributed by atoms with E-state index in [2.05, 4.69) is 48.5 Å². The Morgan fingerprint density at radius 3 is 2.14 bits per heavy atom. The molecule has 0 unspecified atom stereocenters. The number of hydrogen-bond donors (Lipinski definition) is 0. The largest absolute Gasteiger partial charge is 0.192 e. The van der Waals surface area contributed by atoms with Crippen LogP contribution in [0.2, 0.25) is 0 Å². The number of hydrogen-bond acceptors (Lipinski definition) is 1. The van der Waals surface area contributed by atoms with Gasteiger partial charge >= 0.3 is 0 Å². The van der Waals surface area contributed by atoms with Gasteiger partial charge in [-0.15, -0.1) is 0 Å². The van der Waals surface area contributed by atoms with Crippen molar-refractivity contribution in [2.45, 2.75) is 0 Å². The second-order valence-corrected chi connectivity index (χ2v) is 5.35. The summed E-state index contributed by atoms with van der Waals surface area (Å²) in [5.74, 6) is 0. The standard InChI is InChI=1S/C21H13N/c22-14-16-9-6-12-19-17-10-4-5-11-18(17)20(21(16)19)13-15-7-2-1-3-8-15/h1-13H/b20-13+. The molecule has 1 aliphatic rings. The summed E-state index contributed by atoms with van der Waals surface area (Å²) < 4.78 is 0. The number of nitriles is 1. The second-order valence-electron chi connectivity index (χ2n) is 5.35. The van der Waals surface area contributed by atoms with Crippen LogP contribution in [0.1, 0.15) is 22.3 Å². The maximum Gasteiger partial charge on any atom is 0.0998 e. The topological polar surface area (TPSA) is 23.8 Å². The van der Waals surface area contributed by atoms with E-state index in [0.717, 1.165) is 27.8 Å². The maximum absolute atomic E-state index is 9.49. The van der Waals surface area contributed by atoms with Crippen molar-refractivity contribution in [3.63, 3.8) is 0 Å². The van der Waals surface area contributed by atoms with Gasteiger partial charge in [-0.1, -0.05) is 66.7 Å². The fourth-order valence-electron chi connectivity index (χ4n) is 3.11. The van der Waals surface area contributed by atoms with Crippen LogP contribution in [0.4, 0.5) is 0 Å². The molecule has 0 saturated carbocycles. The first-order valence-corrected chi connectivity index (χ1v) is 7.28. The average Bonchev–Trinajstić information content (AvgIpc) is 2.90. The lowest BCUT2D eigenvalue weighted by atomic mass is 9.97. The van der Waals surface area contributed by atoms with Crippen molar-refractivity contribution >= 4 is 11.6 Å². The molecule has 4 rings (SSSR count). The van der Waals surface area contributed by atoms with Crippen LogP contribution >= 0.6 is 0 Å². The van der Waals surface area contributed by atoms with Crippen molar-refractivity contribution in [2.75, 3.05) is 0 Å². The molecule has 0 radical (unpaired) electrons. The van der Waals surface area contributed by atoms with Gasteiger partial charge in [-0.25, -0.2) is 0 Å². The highest BCUT2D eigenvalue weighted by Crippen LogP contribution is 2.46. The first-order valence-electron chi connectivity index (χ1n) is 7.28. The molecule has 0 fully saturated rings. The van der Waals surface area contributed by atoms with Crippen LogP contribution < -0.4 is 0 Å². The third-order valence-electron chi connectivity index (χ3n) is 4.07. The molecule has 1 heteroatoms. The molecule has 1 aliphatic carbocycles. The first kappa shape index (κ1) is 12.6. The summed E-state index contributed by atoms with van der Waals surface area (Å²) in [6.45, 7) is 0. The van der Waals surface area contributed by atoms with Crippen molar-refractivity contribution in [3.8, 4) is 17.2 Å². The van der Waals surface area contributed by atoms with Gasteiger partial charge in [-0.3, -0.25) is 0 Å². The van der Waals surface area contributed by atoms with Crippen LogP contribution in [0.25, 0.3) is 22.8 Å². The van der Waals surface area contributed by atoms with Gasteiger partial charge in [0, 0.05) is 5.56 Å². The summed E-state index contributed by atoms with van der Waals surface area (Å²) >= 11 is 0. The number of benzene rings is 3. The summed E-state index contributed by atoms with van der Waals surface area (Å²) in [5, 5.41) is 9.49. The SMILES string of the molecule is N#Cc1cccc2c1/C(=C/c1ccccc1)c1ccccc1-2. The third kappa shape index (κ3) is 1.86. The van der Waals surface area contributed by atoms with Gasteiger partial charge in [0.2, 0.25) is 0 Å². The number of nitrogens with zero attached hydrogens (tertiary/aromatic N) is 1. The molecule has 0 aromatic heterocycles. The Labute approximate surface area is 129 Å². The van der Waals surface area contributed by atoms with E-state index in [-0.39, 0.29) is 0 Å². The Hall–Kier alpha value is -3.11. The molecule has 0 aliphatic heterocycles. The van der Waals surface area contributed by atoms with Crippen LogP contribution in [0.3, 0.4) is 0 Å². The molecule has 0 N–H and O–H groups in total. The Kier molecular flexibility index (Phi) is 2.88. The minimum atomic E-state index is 0.732. The zero-order valence-corrected chi connectivity index (χ0v) is 12.0. The molecule has 0 heterocycles. The maximum atomic E-state index is 9.49. The minimum absolute atomic E-state index is 0.732. The van der Waals surface area contributed by atoms with E-state index in [1.165, 1.54) is 11.1 Å². The summed E-state index contributed by atoms with van der Waals surface area (Å²) in [6, 6.07) is 26.9. The Morgan fingerprint density at radius 2 is 1.36 bits per heavy atom. The molecule has 0 amide bonds. The van der Waals surface area contributed by atoms with Crippen LogP contribution in [0, 0.1) is 11.3 Å². The highest BCUT2D eigenvalue weighted by Gasteiger charge is 2.25. The first-order chi connectivity index (χ1) is 10.9. The van der Waals surface area contributed by atoms with Crippen LogP contribution in [0.15, 0.2) is 72.8 Å². The third-order valence-corrected chi connectivity index (χ3v) is 4.07. The molecule has 1 nitrogen and oxygen atoms in total. The van der Waals surface area contributed by atoms with Gasteiger partial charge in [0.05, 0.1) is 11.6 Å². The summed E-state index contributed by atoms with van der Waals surface area (Å²) in [5.41, 5.74) is 7.62. The van der Waals surface area contributed by atoms with Crippen LogP contribution in [0.5, 0.6) is 0 Å². The van der Waals surface area contributed by atoms with Gasteiger partial charge < -0.3 is 0 Å². The monoisotopic (exact) mass is 279 g/mol. The van der Waals surface area contributed by atoms with Crippen molar-refractivity contribution in [3.05, 3.63) is 95.1 Å². The predicted octanol–water partition coefficient (Wildman–Crippen LogP) is 5.13. The second kappa shape index (κ2) is 5.02. The molecule has 102 valence electrons. The van der Waals surface area contributed by atoms with Crippen molar-refractivity contribution in [1.82, 2.24) is 0 Å². The fourth-order valence-corrected chi connectivity index (χ4v) is 3.11. The lowest BCUT2D eigenvalue weighted by molar-refractivity contribution is 1.47. The molecule has 22 heavy (non-hydrogen) atoms. The quantitative estimate of drug-likeness (QED) is 0.474. The highest BCUT2D eigenvalue weighted by molar-refractivity contribution is 6.07. The normalized spacial score (nSPS) is 13.5. The van der Waals surface area contributed by atoms with Gasteiger partial charge in [0.1, 0.15) is 0 Å². The van der Waals surface area contributed by atoms with Gasteiger partial charge in [-0.05, 0) is 40.0 Å². The summed E-state index contributed by atoms with van der Waals surface area (Å²) in [6.07, 6.45) is 2.17. The van der Waals surface area contributed by atoms with E-state index in [4.69, 9.17) is 0 Å². The van der Waals surface area contributed by atoms with Gasteiger partial charge in [-0.2, -0.15) is 5.26 Å². The fraction of sp³-hybridized carbons (Fsp3) is 0. The summed E-state index contributed by atoms with van der Waals surface area (Å²) in [7, 11) is 0. The molecule has 0 spiro atoms. The Balaban J connectivity index is 2.04. The smallest absolute Gasteiger partial charge is 0.0998 e. The lowest BCUT2D eigenvalue weighted by Crippen LogP contribution is -1.87. The molecular weight excluding hydrogens is 266 g/mol. The van der Waals surface area contributed by atoms with E-state index in [1.807, 2.05) is 36.4 Å². The molecule has 3 aromatic carbocycles. The molecule has 0 bridgehead atoms. The lowest BCUT2D eigenvalue weighted by Gasteiger charge is -2.05. The van der Waals surface area contributed by atoms with Crippen molar-refractivity contribution in [2.24, 2.45) is 0 Å². The zero-order valence-electron chi connectivity index (χ0n) is 12.0. The Bertz CT molecular complexity index is 928. The zero-order chi connectivity index (χ0) is 14.9. The molecule has 0 atom stereocenters. The van der Waals surface area contributed by atoms with E-state index in [9.17, 15) is 5.26 Å². The van der Waals surface area contributed by atoms with Crippen molar-refractivity contribution in [1.29, 1.82) is 5.26 Å². The number of fused-ring (bicyclic) bond motifs is 3. The van der Waals surface area contributed by atoms with E-state index in [1.54, 1.807) is 0 Å². The summed E-state index contributed by atoms with van der Waals surface area (Å²) in [4.78, 5) is 0. The van der Waals surface area contributed by atoms with E-state index >= 15 is 0 Å². The molecule has 0 saturated heterocycles. The van der Waals surface area contributed by atoms with Crippen LogP contribution in [-0.2, 0) is 0 Å². The Morgan fingerprint density at radius 1 is 0.682 bits per heavy atom. The van der Waals surface area contributed by atoms with E-state index < -0.39 is 0 Å². The average molecular weight is 279 g/mol. The molecular formula is C21H13N.